The molecule has 0 aliphatic carbocycles. The Labute approximate surface area is 200 Å². The van der Waals surface area contributed by atoms with Crippen molar-refractivity contribution >= 4 is 22.9 Å². The molecule has 1 amide bonds. The van der Waals surface area contributed by atoms with Gasteiger partial charge >= 0.3 is 0 Å². The molecule has 7 heteroatoms. The van der Waals surface area contributed by atoms with E-state index >= 15 is 0 Å². The van der Waals surface area contributed by atoms with Gasteiger partial charge in [0.05, 0.1) is 5.92 Å². The van der Waals surface area contributed by atoms with Gasteiger partial charge in [0.15, 0.2) is 11.5 Å². The van der Waals surface area contributed by atoms with E-state index in [1.54, 1.807) is 10.8 Å². The Morgan fingerprint density at radius 2 is 1.82 bits per heavy atom. The largest absolute Gasteiger partial charge is 0.351 e. The van der Waals surface area contributed by atoms with Crippen molar-refractivity contribution in [2.75, 3.05) is 31.1 Å². The van der Waals surface area contributed by atoms with Crippen molar-refractivity contribution < 1.29 is 4.79 Å². The number of aromatic nitrogens is 3. The molecular weight excluding hydrogens is 426 g/mol. The number of carbonyl (C=O) groups is 1. The molecule has 4 heterocycles. The lowest BCUT2D eigenvalue weighted by Gasteiger charge is -2.38. The number of aryl methyl sites for hydroxylation is 1. The number of fused-ring (bicyclic) bond motifs is 1. The second-order valence-electron chi connectivity index (χ2n) is 9.57. The summed E-state index contributed by atoms with van der Waals surface area (Å²) in [5.41, 5.74) is 2.59. The SMILES string of the molecule is CCn1c(=O)c(N2CCC[C@H](C(=O)N3CCC(Cc4ccccc4)CC3)C2)nc2cccnc21. The van der Waals surface area contributed by atoms with Crippen LogP contribution in [0.1, 0.15) is 38.2 Å². The van der Waals surface area contributed by atoms with E-state index in [0.717, 1.165) is 51.7 Å². The molecule has 2 aliphatic heterocycles. The maximum absolute atomic E-state index is 13.4. The van der Waals surface area contributed by atoms with Crippen molar-refractivity contribution in [1.29, 1.82) is 0 Å². The van der Waals surface area contributed by atoms with E-state index in [9.17, 15) is 9.59 Å². The van der Waals surface area contributed by atoms with Crippen molar-refractivity contribution in [3.05, 3.63) is 64.6 Å². The first kappa shape index (κ1) is 22.6. The van der Waals surface area contributed by atoms with E-state index in [4.69, 9.17) is 0 Å². The van der Waals surface area contributed by atoms with Gasteiger partial charge in [-0.25, -0.2) is 9.97 Å². The number of piperidine rings is 2. The van der Waals surface area contributed by atoms with E-state index < -0.39 is 0 Å². The zero-order chi connectivity index (χ0) is 23.5. The highest BCUT2D eigenvalue weighted by molar-refractivity contribution is 5.80. The first-order chi connectivity index (χ1) is 16.6. The first-order valence-electron chi connectivity index (χ1n) is 12.6. The van der Waals surface area contributed by atoms with Crippen molar-refractivity contribution in [2.24, 2.45) is 11.8 Å². The predicted octanol–water partition coefficient (Wildman–Crippen LogP) is 3.51. The Bertz CT molecular complexity index is 1200. The van der Waals surface area contributed by atoms with Crippen LogP contribution in [-0.2, 0) is 17.8 Å². The minimum absolute atomic E-state index is 0.0831. The summed E-state index contributed by atoms with van der Waals surface area (Å²) in [6.45, 7) is 5.45. The van der Waals surface area contributed by atoms with Crippen LogP contribution in [0.2, 0.25) is 0 Å². The lowest BCUT2D eigenvalue weighted by Crippen LogP contribution is -2.48. The molecule has 0 radical (unpaired) electrons. The number of amides is 1. The lowest BCUT2D eigenvalue weighted by atomic mass is 9.89. The van der Waals surface area contributed by atoms with Gasteiger partial charge in [-0.2, -0.15) is 0 Å². The van der Waals surface area contributed by atoms with E-state index in [0.29, 0.717) is 36.0 Å². The average Bonchev–Trinajstić information content (AvgIpc) is 2.89. The molecule has 1 atom stereocenters. The average molecular weight is 460 g/mol. The maximum Gasteiger partial charge on any atom is 0.295 e. The van der Waals surface area contributed by atoms with Crippen LogP contribution in [-0.4, -0.2) is 51.5 Å². The molecule has 34 heavy (non-hydrogen) atoms. The molecule has 0 saturated carbocycles. The number of likely N-dealkylation sites (tertiary alicyclic amines) is 1. The number of rotatable bonds is 5. The van der Waals surface area contributed by atoms with Crippen LogP contribution in [0.4, 0.5) is 5.82 Å². The Balaban J connectivity index is 1.26. The molecule has 3 aromatic rings. The smallest absolute Gasteiger partial charge is 0.295 e. The molecular formula is C27H33N5O2. The van der Waals surface area contributed by atoms with E-state index in [2.05, 4.69) is 45.2 Å². The zero-order valence-electron chi connectivity index (χ0n) is 19.9. The van der Waals surface area contributed by atoms with Gasteiger partial charge in [0, 0.05) is 38.9 Å². The zero-order valence-corrected chi connectivity index (χ0v) is 19.9. The Morgan fingerprint density at radius 1 is 1.03 bits per heavy atom. The fourth-order valence-electron chi connectivity index (χ4n) is 5.50. The normalized spacial score (nSPS) is 19.5. The second kappa shape index (κ2) is 9.95. The number of hydrogen-bond donors (Lipinski definition) is 0. The molecule has 0 unspecified atom stereocenters. The van der Waals surface area contributed by atoms with Crippen LogP contribution < -0.4 is 10.5 Å². The number of anilines is 1. The number of nitrogens with zero attached hydrogens (tertiary/aromatic N) is 5. The van der Waals surface area contributed by atoms with Crippen LogP contribution in [0.3, 0.4) is 0 Å². The monoisotopic (exact) mass is 459 g/mol. The Kier molecular flexibility index (Phi) is 6.61. The molecule has 2 fully saturated rings. The fraction of sp³-hybridized carbons (Fsp3) is 0.481. The topological polar surface area (TPSA) is 71.3 Å². The lowest BCUT2D eigenvalue weighted by molar-refractivity contribution is -0.137. The van der Waals surface area contributed by atoms with E-state index in [1.165, 1.54) is 5.56 Å². The van der Waals surface area contributed by atoms with Gasteiger partial charge in [0.1, 0.15) is 5.52 Å². The molecule has 1 aromatic carbocycles. The maximum atomic E-state index is 13.4. The summed E-state index contributed by atoms with van der Waals surface area (Å²) in [6.07, 6.45) is 6.64. The van der Waals surface area contributed by atoms with Crippen molar-refractivity contribution in [1.82, 2.24) is 19.4 Å². The molecule has 5 rings (SSSR count). The quantitative estimate of drug-likeness (QED) is 0.584. The minimum Gasteiger partial charge on any atom is -0.351 e. The summed E-state index contributed by atoms with van der Waals surface area (Å²) < 4.78 is 1.68. The Morgan fingerprint density at radius 3 is 2.59 bits per heavy atom. The molecule has 2 saturated heterocycles. The van der Waals surface area contributed by atoms with Crippen LogP contribution >= 0.6 is 0 Å². The fourth-order valence-corrected chi connectivity index (χ4v) is 5.50. The standard InChI is InChI=1S/C27H33N5O2/c1-2-32-24-23(11-6-14-28-24)29-25(27(32)34)31-15-7-10-22(19-31)26(33)30-16-12-21(13-17-30)18-20-8-4-3-5-9-20/h3-6,8-9,11,14,21-22H,2,7,10,12-13,15-19H2,1H3/t22-/m0/s1. The molecule has 0 bridgehead atoms. The summed E-state index contributed by atoms with van der Waals surface area (Å²) >= 11 is 0. The van der Waals surface area contributed by atoms with Gasteiger partial charge in [0.25, 0.3) is 5.56 Å². The molecule has 2 aliphatic rings. The predicted molar refractivity (Wildman–Crippen MR) is 134 cm³/mol. The van der Waals surface area contributed by atoms with E-state index in [1.807, 2.05) is 24.0 Å². The number of pyridine rings is 1. The first-order valence-corrected chi connectivity index (χ1v) is 12.6. The van der Waals surface area contributed by atoms with Crippen molar-refractivity contribution in [3.63, 3.8) is 0 Å². The van der Waals surface area contributed by atoms with Crippen LogP contribution in [0.5, 0.6) is 0 Å². The molecule has 178 valence electrons. The number of carbonyl (C=O) groups excluding carboxylic acids is 1. The molecule has 0 spiro atoms. The molecule has 2 aromatic heterocycles. The third-order valence-corrected chi connectivity index (χ3v) is 7.36. The summed E-state index contributed by atoms with van der Waals surface area (Å²) in [5, 5.41) is 0. The summed E-state index contributed by atoms with van der Waals surface area (Å²) in [7, 11) is 0. The highest BCUT2D eigenvalue weighted by Crippen LogP contribution is 2.26. The minimum atomic E-state index is -0.122. The van der Waals surface area contributed by atoms with Crippen LogP contribution in [0, 0.1) is 11.8 Å². The summed E-state index contributed by atoms with van der Waals surface area (Å²) in [4.78, 5) is 39.7. The van der Waals surface area contributed by atoms with Crippen molar-refractivity contribution in [3.8, 4) is 0 Å². The number of benzene rings is 1. The van der Waals surface area contributed by atoms with Gasteiger partial charge in [-0.15, -0.1) is 0 Å². The van der Waals surface area contributed by atoms with Gasteiger partial charge in [-0.05, 0) is 62.6 Å². The Hall–Kier alpha value is -3.22. The van der Waals surface area contributed by atoms with Gasteiger partial charge in [0.2, 0.25) is 5.91 Å². The van der Waals surface area contributed by atoms with Gasteiger partial charge in [-0.3, -0.25) is 14.2 Å². The molecule has 7 nitrogen and oxygen atoms in total. The van der Waals surface area contributed by atoms with Crippen LogP contribution in [0.25, 0.3) is 11.2 Å². The summed E-state index contributed by atoms with van der Waals surface area (Å²) in [5.74, 6) is 1.24. The third kappa shape index (κ3) is 4.56. The van der Waals surface area contributed by atoms with Gasteiger partial charge < -0.3 is 9.80 Å². The highest BCUT2D eigenvalue weighted by atomic mass is 16.2. The second-order valence-corrected chi connectivity index (χ2v) is 9.57. The third-order valence-electron chi connectivity index (χ3n) is 7.36. The highest BCUT2D eigenvalue weighted by Gasteiger charge is 2.33. The van der Waals surface area contributed by atoms with E-state index in [-0.39, 0.29) is 17.4 Å². The van der Waals surface area contributed by atoms with Gasteiger partial charge in [-0.1, -0.05) is 30.3 Å². The molecule has 0 N–H and O–H groups in total. The summed E-state index contributed by atoms with van der Waals surface area (Å²) in [6, 6.07) is 14.4. The number of hydrogen-bond acceptors (Lipinski definition) is 5. The van der Waals surface area contributed by atoms with Crippen molar-refractivity contribution in [2.45, 2.75) is 45.6 Å². The van der Waals surface area contributed by atoms with Crippen LogP contribution in [0.15, 0.2) is 53.5 Å².